The Morgan fingerprint density at radius 2 is 1.69 bits per heavy atom. The fraction of sp³-hybridized carbons (Fsp3) is 0.696. The second kappa shape index (κ2) is 9.35. The number of ether oxygens (including phenoxy) is 3. The van der Waals surface area contributed by atoms with Gasteiger partial charge in [-0.3, -0.25) is 4.79 Å². The van der Waals surface area contributed by atoms with Gasteiger partial charge in [0.05, 0.1) is 18.8 Å². The molecule has 1 aromatic carbocycles. The lowest BCUT2D eigenvalue weighted by Gasteiger charge is -2.36. The average molecular weight is 403 g/mol. The summed E-state index contributed by atoms with van der Waals surface area (Å²) in [5, 5.41) is 0. The number of carbonyl (C=O) groups is 1. The second-order valence-corrected chi connectivity index (χ2v) is 8.55. The first-order valence-corrected chi connectivity index (χ1v) is 11.1. The average Bonchev–Trinajstić information content (AvgIpc) is 3.46. The van der Waals surface area contributed by atoms with Crippen molar-refractivity contribution >= 4 is 5.91 Å². The van der Waals surface area contributed by atoms with Crippen LogP contribution in [-0.4, -0.2) is 74.4 Å². The Bertz CT molecular complexity index is 696. The largest absolute Gasteiger partial charge is 0.497 e. The van der Waals surface area contributed by atoms with E-state index in [1.54, 1.807) is 14.2 Å². The second-order valence-electron chi connectivity index (χ2n) is 8.55. The molecule has 1 amide bonds. The number of methoxy groups -OCH3 is 2. The van der Waals surface area contributed by atoms with E-state index in [1.807, 2.05) is 23.1 Å². The maximum Gasteiger partial charge on any atom is 0.257 e. The predicted octanol–water partition coefficient (Wildman–Crippen LogP) is 3.34. The van der Waals surface area contributed by atoms with Gasteiger partial charge in [0.1, 0.15) is 17.6 Å². The van der Waals surface area contributed by atoms with E-state index >= 15 is 0 Å². The van der Waals surface area contributed by atoms with Crippen molar-refractivity contribution < 1.29 is 19.0 Å². The molecule has 4 rings (SSSR count). The molecule has 0 aromatic heterocycles. The lowest BCUT2D eigenvalue weighted by atomic mass is 10.0. The minimum Gasteiger partial charge on any atom is -0.497 e. The molecule has 0 spiro atoms. The minimum atomic E-state index is 0.00171. The Kier molecular flexibility index (Phi) is 6.60. The Morgan fingerprint density at radius 3 is 2.34 bits per heavy atom. The van der Waals surface area contributed by atoms with Gasteiger partial charge in [0.25, 0.3) is 5.91 Å². The van der Waals surface area contributed by atoms with E-state index < -0.39 is 0 Å². The predicted molar refractivity (Wildman–Crippen MR) is 112 cm³/mol. The Morgan fingerprint density at radius 1 is 0.966 bits per heavy atom. The van der Waals surface area contributed by atoms with Crippen molar-refractivity contribution in [2.24, 2.45) is 0 Å². The Balaban J connectivity index is 1.42. The first-order chi connectivity index (χ1) is 14.2. The fourth-order valence-electron chi connectivity index (χ4n) is 4.99. The van der Waals surface area contributed by atoms with Crippen LogP contribution in [0, 0.1) is 0 Å². The van der Waals surface area contributed by atoms with E-state index in [1.165, 1.54) is 25.7 Å². The molecule has 3 fully saturated rings. The summed E-state index contributed by atoms with van der Waals surface area (Å²) in [7, 11) is 3.33. The van der Waals surface area contributed by atoms with Crippen LogP contribution in [0.2, 0.25) is 0 Å². The molecular weight excluding hydrogens is 368 g/mol. The summed E-state index contributed by atoms with van der Waals surface area (Å²) in [6.45, 7) is 3.53. The van der Waals surface area contributed by atoms with Crippen LogP contribution in [0.1, 0.15) is 55.3 Å². The molecule has 2 heterocycles. The van der Waals surface area contributed by atoms with Crippen molar-refractivity contribution in [3.05, 3.63) is 23.8 Å². The first kappa shape index (κ1) is 20.5. The van der Waals surface area contributed by atoms with Crippen molar-refractivity contribution in [1.82, 2.24) is 9.80 Å². The van der Waals surface area contributed by atoms with E-state index in [0.717, 1.165) is 38.4 Å². The molecular formula is C23H34N2O4. The molecule has 1 aliphatic carbocycles. The molecule has 0 N–H and O–H groups in total. The van der Waals surface area contributed by atoms with Gasteiger partial charge >= 0.3 is 0 Å². The fourth-order valence-corrected chi connectivity index (χ4v) is 4.99. The highest BCUT2D eigenvalue weighted by molar-refractivity contribution is 5.97. The maximum atomic E-state index is 13.2. The number of hydrogen-bond acceptors (Lipinski definition) is 5. The molecule has 29 heavy (non-hydrogen) atoms. The van der Waals surface area contributed by atoms with Gasteiger partial charge in [0.15, 0.2) is 0 Å². The lowest BCUT2D eigenvalue weighted by Crippen LogP contribution is -2.43. The zero-order valence-corrected chi connectivity index (χ0v) is 17.8. The van der Waals surface area contributed by atoms with Gasteiger partial charge in [-0.25, -0.2) is 0 Å². The zero-order chi connectivity index (χ0) is 20.2. The van der Waals surface area contributed by atoms with Crippen molar-refractivity contribution in [2.45, 2.75) is 63.2 Å². The Labute approximate surface area is 174 Å². The standard InChI is InChI=1S/C23H34N2O4/c1-27-19-7-8-22(21(15-19)23(26)25-14-11-20(16-25)28-2)29-18-9-12-24(13-10-18)17-5-3-4-6-17/h7-8,15,17-18,20H,3-6,9-14,16H2,1-2H3/t20-/m0/s1. The normalized spacial score (nSPS) is 24.2. The van der Waals surface area contributed by atoms with Crippen molar-refractivity contribution in [2.75, 3.05) is 40.4 Å². The summed E-state index contributed by atoms with van der Waals surface area (Å²) in [6.07, 6.45) is 8.64. The number of nitrogens with zero attached hydrogens (tertiary/aromatic N) is 2. The molecule has 2 aliphatic heterocycles. The summed E-state index contributed by atoms with van der Waals surface area (Å²) in [6, 6.07) is 6.35. The molecule has 0 bridgehead atoms. The quantitative estimate of drug-likeness (QED) is 0.730. The van der Waals surface area contributed by atoms with Crippen LogP contribution in [0.15, 0.2) is 18.2 Å². The van der Waals surface area contributed by atoms with Gasteiger partial charge in [-0.2, -0.15) is 0 Å². The molecule has 6 heteroatoms. The molecule has 3 aliphatic rings. The van der Waals surface area contributed by atoms with E-state index in [-0.39, 0.29) is 18.1 Å². The van der Waals surface area contributed by atoms with Crippen molar-refractivity contribution in [3.63, 3.8) is 0 Å². The third-order valence-corrected chi connectivity index (χ3v) is 6.79. The molecule has 2 saturated heterocycles. The molecule has 1 aromatic rings. The van der Waals surface area contributed by atoms with Crippen LogP contribution in [0.25, 0.3) is 0 Å². The zero-order valence-electron chi connectivity index (χ0n) is 17.8. The molecule has 160 valence electrons. The van der Waals surface area contributed by atoms with Crippen LogP contribution in [-0.2, 0) is 4.74 Å². The number of likely N-dealkylation sites (tertiary alicyclic amines) is 2. The van der Waals surface area contributed by atoms with Gasteiger partial charge in [0.2, 0.25) is 0 Å². The summed E-state index contributed by atoms with van der Waals surface area (Å²) in [4.78, 5) is 17.7. The van der Waals surface area contributed by atoms with Crippen molar-refractivity contribution in [1.29, 1.82) is 0 Å². The number of amides is 1. The third-order valence-electron chi connectivity index (χ3n) is 6.79. The van der Waals surface area contributed by atoms with Gasteiger partial charge in [-0.1, -0.05) is 12.8 Å². The van der Waals surface area contributed by atoms with Gasteiger partial charge in [-0.05, 0) is 50.3 Å². The summed E-state index contributed by atoms with van der Waals surface area (Å²) in [5.41, 5.74) is 0.597. The number of piperidine rings is 1. The smallest absolute Gasteiger partial charge is 0.257 e. The van der Waals surface area contributed by atoms with E-state index in [4.69, 9.17) is 14.2 Å². The SMILES string of the molecule is COc1ccc(OC2CCN(C3CCCC3)CC2)c(C(=O)N2CC[C@H](OC)C2)c1. The Hall–Kier alpha value is -1.79. The number of benzene rings is 1. The maximum absolute atomic E-state index is 13.2. The number of hydrogen-bond donors (Lipinski definition) is 0. The number of carbonyl (C=O) groups excluding carboxylic acids is 1. The van der Waals surface area contributed by atoms with Crippen LogP contribution >= 0.6 is 0 Å². The van der Waals surface area contributed by atoms with E-state index in [2.05, 4.69) is 4.90 Å². The highest BCUT2D eigenvalue weighted by Crippen LogP contribution is 2.31. The third kappa shape index (κ3) is 4.69. The van der Waals surface area contributed by atoms with Crippen LogP contribution in [0.4, 0.5) is 0 Å². The number of rotatable bonds is 6. The monoisotopic (exact) mass is 402 g/mol. The van der Waals surface area contributed by atoms with E-state index in [0.29, 0.717) is 30.2 Å². The molecule has 0 radical (unpaired) electrons. The highest BCUT2D eigenvalue weighted by Gasteiger charge is 2.31. The summed E-state index contributed by atoms with van der Waals surface area (Å²) >= 11 is 0. The van der Waals surface area contributed by atoms with Gasteiger partial charge in [0, 0.05) is 39.3 Å². The van der Waals surface area contributed by atoms with E-state index in [9.17, 15) is 4.79 Å². The highest BCUT2D eigenvalue weighted by atomic mass is 16.5. The van der Waals surface area contributed by atoms with Gasteiger partial charge < -0.3 is 24.0 Å². The topological polar surface area (TPSA) is 51.2 Å². The van der Waals surface area contributed by atoms with Crippen LogP contribution in [0.3, 0.4) is 0 Å². The molecule has 1 atom stereocenters. The van der Waals surface area contributed by atoms with Crippen molar-refractivity contribution in [3.8, 4) is 11.5 Å². The van der Waals surface area contributed by atoms with Crippen LogP contribution < -0.4 is 9.47 Å². The molecule has 0 unspecified atom stereocenters. The minimum absolute atomic E-state index is 0.00171. The lowest BCUT2D eigenvalue weighted by molar-refractivity contribution is 0.0678. The first-order valence-electron chi connectivity index (χ1n) is 11.1. The van der Waals surface area contributed by atoms with Crippen LogP contribution in [0.5, 0.6) is 11.5 Å². The molecule has 6 nitrogen and oxygen atoms in total. The summed E-state index contributed by atoms with van der Waals surface area (Å²) in [5.74, 6) is 1.36. The molecule has 1 saturated carbocycles. The summed E-state index contributed by atoms with van der Waals surface area (Å²) < 4.78 is 17.2. The van der Waals surface area contributed by atoms with Gasteiger partial charge in [-0.15, -0.1) is 0 Å².